The first kappa shape index (κ1) is 14.3. The number of piperazine rings is 1. The number of amides is 1. The molecular weight excluding hydrogens is 308 g/mol. The van der Waals surface area contributed by atoms with E-state index < -0.39 is 0 Å². The highest BCUT2D eigenvalue weighted by atomic mass is 79.9. The molecule has 1 fully saturated rings. The van der Waals surface area contributed by atoms with E-state index in [0.717, 1.165) is 37.2 Å². The minimum absolute atomic E-state index is 0.0709. The lowest BCUT2D eigenvalue weighted by molar-refractivity contribution is 0.0642. The monoisotopic (exact) mass is 326 g/mol. The Morgan fingerprint density at radius 3 is 2.58 bits per heavy atom. The van der Waals surface area contributed by atoms with E-state index in [1.54, 1.807) is 7.11 Å². The normalized spacial score (nSPS) is 16.5. The molecule has 0 aliphatic carbocycles. The van der Waals surface area contributed by atoms with Crippen LogP contribution in [0.3, 0.4) is 0 Å². The Morgan fingerprint density at radius 1 is 1.32 bits per heavy atom. The van der Waals surface area contributed by atoms with Crippen molar-refractivity contribution < 1.29 is 9.53 Å². The van der Waals surface area contributed by atoms with Crippen LogP contribution in [0.25, 0.3) is 0 Å². The van der Waals surface area contributed by atoms with Gasteiger partial charge >= 0.3 is 0 Å². The van der Waals surface area contributed by atoms with Crippen LogP contribution in [0.4, 0.5) is 0 Å². The summed E-state index contributed by atoms with van der Waals surface area (Å²) in [5.74, 6) is 0.763. The molecule has 1 aromatic carbocycles. The maximum atomic E-state index is 12.5. The number of benzene rings is 1. The number of carbonyl (C=O) groups excluding carboxylic acids is 1. The Balaban J connectivity index is 2.12. The maximum absolute atomic E-state index is 12.5. The second kappa shape index (κ2) is 6.39. The minimum Gasteiger partial charge on any atom is -0.496 e. The molecule has 0 bridgehead atoms. The largest absolute Gasteiger partial charge is 0.496 e. The SMILES string of the molecule is CCN1CCN(C(=O)c2cccc(OC)c2Br)CC1. The molecule has 1 aromatic rings. The van der Waals surface area contributed by atoms with Crippen molar-refractivity contribution in [1.29, 1.82) is 0 Å². The van der Waals surface area contributed by atoms with Gasteiger partial charge in [-0.05, 0) is 34.6 Å². The summed E-state index contributed by atoms with van der Waals surface area (Å²) in [6, 6.07) is 5.52. The van der Waals surface area contributed by atoms with Crippen molar-refractivity contribution in [2.24, 2.45) is 0 Å². The van der Waals surface area contributed by atoms with E-state index >= 15 is 0 Å². The van der Waals surface area contributed by atoms with Crippen LogP contribution in [0.1, 0.15) is 17.3 Å². The first-order valence-corrected chi connectivity index (χ1v) is 7.30. The van der Waals surface area contributed by atoms with Crippen molar-refractivity contribution in [2.45, 2.75) is 6.92 Å². The predicted molar refractivity (Wildman–Crippen MR) is 78.7 cm³/mol. The highest BCUT2D eigenvalue weighted by Crippen LogP contribution is 2.29. The molecular formula is C14H19BrN2O2. The van der Waals surface area contributed by atoms with Gasteiger partial charge in [0.2, 0.25) is 0 Å². The summed E-state index contributed by atoms with van der Waals surface area (Å²) >= 11 is 3.45. The molecule has 19 heavy (non-hydrogen) atoms. The summed E-state index contributed by atoms with van der Waals surface area (Å²) in [6.45, 7) is 6.67. The summed E-state index contributed by atoms with van der Waals surface area (Å²) in [4.78, 5) is 16.8. The number of rotatable bonds is 3. The molecule has 0 spiro atoms. The first-order valence-electron chi connectivity index (χ1n) is 6.51. The highest BCUT2D eigenvalue weighted by Gasteiger charge is 2.23. The second-order valence-electron chi connectivity index (χ2n) is 4.55. The van der Waals surface area contributed by atoms with E-state index in [2.05, 4.69) is 27.8 Å². The summed E-state index contributed by atoms with van der Waals surface area (Å²) in [5.41, 5.74) is 0.671. The van der Waals surface area contributed by atoms with Gasteiger partial charge in [0.1, 0.15) is 5.75 Å². The average Bonchev–Trinajstić information content (AvgIpc) is 2.47. The smallest absolute Gasteiger partial charge is 0.255 e. The lowest BCUT2D eigenvalue weighted by Crippen LogP contribution is -2.48. The molecule has 0 unspecified atom stereocenters. The topological polar surface area (TPSA) is 32.8 Å². The van der Waals surface area contributed by atoms with Gasteiger partial charge in [-0.15, -0.1) is 0 Å². The number of hydrogen-bond acceptors (Lipinski definition) is 3. The lowest BCUT2D eigenvalue weighted by Gasteiger charge is -2.34. The van der Waals surface area contributed by atoms with Gasteiger partial charge in [0.25, 0.3) is 5.91 Å². The first-order chi connectivity index (χ1) is 9.17. The number of halogens is 1. The van der Waals surface area contributed by atoms with E-state index in [4.69, 9.17) is 4.74 Å². The Kier molecular flexibility index (Phi) is 4.82. The quantitative estimate of drug-likeness (QED) is 0.854. The molecule has 0 saturated carbocycles. The van der Waals surface area contributed by atoms with Crippen LogP contribution in [0.15, 0.2) is 22.7 Å². The molecule has 0 atom stereocenters. The van der Waals surface area contributed by atoms with Crippen molar-refractivity contribution >= 4 is 21.8 Å². The number of methoxy groups -OCH3 is 1. The van der Waals surface area contributed by atoms with Gasteiger partial charge in [-0.2, -0.15) is 0 Å². The van der Waals surface area contributed by atoms with E-state index in [9.17, 15) is 4.79 Å². The Labute approximate surface area is 122 Å². The number of nitrogens with zero attached hydrogens (tertiary/aromatic N) is 2. The molecule has 1 heterocycles. The molecule has 1 amide bonds. The van der Waals surface area contributed by atoms with Crippen LogP contribution in [0.2, 0.25) is 0 Å². The van der Waals surface area contributed by atoms with Gasteiger partial charge in [0.05, 0.1) is 17.1 Å². The van der Waals surface area contributed by atoms with E-state index in [1.807, 2.05) is 23.1 Å². The summed E-state index contributed by atoms with van der Waals surface area (Å²) < 4.78 is 5.97. The molecule has 5 heteroatoms. The van der Waals surface area contributed by atoms with Gasteiger partial charge < -0.3 is 14.5 Å². The Hall–Kier alpha value is -1.07. The van der Waals surface area contributed by atoms with Gasteiger partial charge in [0.15, 0.2) is 0 Å². The van der Waals surface area contributed by atoms with Crippen molar-refractivity contribution in [3.8, 4) is 5.75 Å². The molecule has 4 nitrogen and oxygen atoms in total. The standard InChI is InChI=1S/C14H19BrN2O2/c1-3-16-7-9-17(10-8-16)14(18)11-5-4-6-12(19-2)13(11)15/h4-6H,3,7-10H2,1-2H3. The summed E-state index contributed by atoms with van der Waals surface area (Å²) in [6.07, 6.45) is 0. The fourth-order valence-electron chi connectivity index (χ4n) is 2.27. The number of carbonyl (C=O) groups is 1. The molecule has 1 saturated heterocycles. The summed E-state index contributed by atoms with van der Waals surface area (Å²) in [7, 11) is 1.61. The molecule has 0 radical (unpaired) electrons. The van der Waals surface area contributed by atoms with Crippen LogP contribution in [0, 0.1) is 0 Å². The second-order valence-corrected chi connectivity index (χ2v) is 5.34. The molecule has 0 N–H and O–H groups in total. The Bertz CT molecular complexity index is 457. The fourth-order valence-corrected chi connectivity index (χ4v) is 2.87. The molecule has 1 aliphatic heterocycles. The molecule has 104 valence electrons. The van der Waals surface area contributed by atoms with Crippen molar-refractivity contribution in [3.05, 3.63) is 28.2 Å². The van der Waals surface area contributed by atoms with Gasteiger partial charge in [0, 0.05) is 26.2 Å². The molecule has 1 aliphatic rings. The predicted octanol–water partition coefficient (Wildman–Crippen LogP) is 2.24. The zero-order valence-electron chi connectivity index (χ0n) is 11.4. The minimum atomic E-state index is 0.0709. The van der Waals surface area contributed by atoms with E-state index in [0.29, 0.717) is 11.3 Å². The van der Waals surface area contributed by atoms with Crippen LogP contribution < -0.4 is 4.74 Å². The zero-order valence-corrected chi connectivity index (χ0v) is 12.9. The van der Waals surface area contributed by atoms with Gasteiger partial charge in [-0.1, -0.05) is 13.0 Å². The van der Waals surface area contributed by atoms with Gasteiger partial charge in [-0.3, -0.25) is 4.79 Å². The van der Waals surface area contributed by atoms with Crippen molar-refractivity contribution in [2.75, 3.05) is 39.8 Å². The number of likely N-dealkylation sites (N-methyl/N-ethyl adjacent to an activating group) is 1. The third kappa shape index (κ3) is 3.09. The third-order valence-corrected chi connectivity index (χ3v) is 4.34. The Morgan fingerprint density at radius 2 is 2.00 bits per heavy atom. The maximum Gasteiger partial charge on any atom is 0.255 e. The van der Waals surface area contributed by atoms with Crippen LogP contribution >= 0.6 is 15.9 Å². The number of hydrogen-bond donors (Lipinski definition) is 0. The fraction of sp³-hybridized carbons (Fsp3) is 0.500. The number of ether oxygens (including phenoxy) is 1. The third-order valence-electron chi connectivity index (χ3n) is 3.52. The van der Waals surface area contributed by atoms with E-state index in [1.165, 1.54) is 0 Å². The molecule has 2 rings (SSSR count). The van der Waals surface area contributed by atoms with E-state index in [-0.39, 0.29) is 5.91 Å². The highest BCUT2D eigenvalue weighted by molar-refractivity contribution is 9.10. The lowest BCUT2D eigenvalue weighted by atomic mass is 10.1. The van der Waals surface area contributed by atoms with Gasteiger partial charge in [-0.25, -0.2) is 0 Å². The molecule has 0 aromatic heterocycles. The van der Waals surface area contributed by atoms with Crippen molar-refractivity contribution in [3.63, 3.8) is 0 Å². The average molecular weight is 327 g/mol. The van der Waals surface area contributed by atoms with Crippen LogP contribution in [-0.4, -0.2) is 55.5 Å². The van der Waals surface area contributed by atoms with Crippen molar-refractivity contribution in [1.82, 2.24) is 9.80 Å². The summed E-state index contributed by atoms with van der Waals surface area (Å²) in [5, 5.41) is 0. The zero-order chi connectivity index (χ0) is 13.8. The van der Waals surface area contributed by atoms with Crippen LogP contribution in [-0.2, 0) is 0 Å². The van der Waals surface area contributed by atoms with Crippen LogP contribution in [0.5, 0.6) is 5.75 Å².